The smallest absolute Gasteiger partial charge is 0.254 e. The van der Waals surface area contributed by atoms with Crippen molar-refractivity contribution in [1.82, 2.24) is 4.90 Å². The molecule has 0 spiro atoms. The van der Waals surface area contributed by atoms with Gasteiger partial charge in [0.2, 0.25) is 0 Å². The van der Waals surface area contributed by atoms with E-state index in [1.807, 2.05) is 23.1 Å². The Morgan fingerprint density at radius 1 is 1.29 bits per heavy atom. The lowest BCUT2D eigenvalue weighted by Gasteiger charge is -2.24. The van der Waals surface area contributed by atoms with Gasteiger partial charge in [-0.3, -0.25) is 4.79 Å². The Morgan fingerprint density at radius 3 is 2.76 bits per heavy atom. The summed E-state index contributed by atoms with van der Waals surface area (Å²) in [5, 5.41) is 0. The van der Waals surface area contributed by atoms with Gasteiger partial charge in [0.25, 0.3) is 5.91 Å². The quantitative estimate of drug-likeness (QED) is 0.709. The van der Waals surface area contributed by atoms with Gasteiger partial charge in [-0.05, 0) is 25.0 Å². The molecule has 1 amide bonds. The minimum absolute atomic E-state index is 0.213. The van der Waals surface area contributed by atoms with Crippen LogP contribution in [0.2, 0.25) is 0 Å². The molecule has 92 valence electrons. The molecule has 1 unspecified atom stereocenters. The lowest BCUT2D eigenvalue weighted by atomic mass is 10.1. The Balaban J connectivity index is 1.99. The van der Waals surface area contributed by atoms with E-state index in [2.05, 4.69) is 19.9 Å². The van der Waals surface area contributed by atoms with Gasteiger partial charge in [-0.25, -0.2) is 0 Å². The Bertz CT molecular complexity index is 400. The van der Waals surface area contributed by atoms with E-state index in [-0.39, 0.29) is 5.91 Å². The van der Waals surface area contributed by atoms with E-state index in [0.29, 0.717) is 6.04 Å². The average Bonchev–Trinajstić information content (AvgIpc) is 2.68. The van der Waals surface area contributed by atoms with Gasteiger partial charge in [0.15, 0.2) is 0 Å². The fourth-order valence-corrected chi connectivity index (χ4v) is 2.48. The van der Waals surface area contributed by atoms with E-state index in [1.54, 1.807) is 0 Å². The largest absolute Gasteiger partial charge is 0.332 e. The summed E-state index contributed by atoms with van der Waals surface area (Å²) < 4.78 is 0. The predicted octanol–water partition coefficient (Wildman–Crippen LogP) is 3.61. The highest BCUT2D eigenvalue weighted by Crippen LogP contribution is 2.25. The van der Waals surface area contributed by atoms with Crippen LogP contribution in [0, 0.1) is 0 Å². The molecule has 1 atom stereocenters. The molecule has 0 bridgehead atoms. The molecule has 1 aliphatic heterocycles. The second kappa shape index (κ2) is 5.35. The number of nitrogens with zero attached hydrogens (tertiary/aromatic N) is 1. The number of carbonyl (C=O) groups is 1. The Hall–Kier alpha value is -1.31. The summed E-state index contributed by atoms with van der Waals surface area (Å²) in [7, 11) is 0. The summed E-state index contributed by atoms with van der Waals surface area (Å²) in [5.41, 5.74) is 2.08. The van der Waals surface area contributed by atoms with Crippen molar-refractivity contribution in [3.05, 3.63) is 35.4 Å². The zero-order valence-corrected chi connectivity index (χ0v) is 10.8. The molecule has 1 aliphatic rings. The van der Waals surface area contributed by atoms with Gasteiger partial charge in [0, 0.05) is 18.2 Å². The van der Waals surface area contributed by atoms with E-state index in [9.17, 15) is 4.79 Å². The van der Waals surface area contributed by atoms with E-state index >= 15 is 0 Å². The second-order valence-electron chi connectivity index (χ2n) is 4.94. The highest BCUT2D eigenvalue weighted by Gasteiger charge is 2.29. The number of hydrogen-bond donors (Lipinski definition) is 0. The Kier molecular flexibility index (Phi) is 3.82. The van der Waals surface area contributed by atoms with Gasteiger partial charge in [-0.1, -0.05) is 44.4 Å². The molecule has 1 aromatic rings. The van der Waals surface area contributed by atoms with Gasteiger partial charge >= 0.3 is 0 Å². The van der Waals surface area contributed by atoms with E-state index in [1.165, 1.54) is 24.8 Å². The minimum Gasteiger partial charge on any atom is -0.332 e. The molecular weight excluding hydrogens is 210 g/mol. The first-order valence-corrected chi connectivity index (χ1v) is 6.63. The number of rotatable bonds is 5. The van der Waals surface area contributed by atoms with E-state index < -0.39 is 0 Å². The van der Waals surface area contributed by atoms with Crippen LogP contribution in [-0.4, -0.2) is 16.8 Å². The molecule has 0 radical (unpaired) electrons. The third-order valence-corrected chi connectivity index (χ3v) is 3.61. The van der Waals surface area contributed by atoms with Crippen LogP contribution in [-0.2, 0) is 6.54 Å². The number of amides is 1. The SMILES string of the molecule is CCCCCC(C)N1Cc2ccccc2C1=O. The molecule has 2 heteroatoms. The van der Waals surface area contributed by atoms with Crippen molar-refractivity contribution in [2.45, 2.75) is 52.1 Å². The highest BCUT2D eigenvalue weighted by atomic mass is 16.2. The van der Waals surface area contributed by atoms with Gasteiger partial charge < -0.3 is 4.90 Å². The first kappa shape index (κ1) is 12.2. The van der Waals surface area contributed by atoms with Crippen LogP contribution < -0.4 is 0 Å². The fraction of sp³-hybridized carbons (Fsp3) is 0.533. The van der Waals surface area contributed by atoms with Crippen LogP contribution in [0.3, 0.4) is 0 Å². The zero-order chi connectivity index (χ0) is 12.3. The van der Waals surface area contributed by atoms with Crippen molar-refractivity contribution in [3.63, 3.8) is 0 Å². The molecule has 0 aliphatic carbocycles. The van der Waals surface area contributed by atoms with Crippen molar-refractivity contribution in [2.24, 2.45) is 0 Å². The molecule has 0 saturated carbocycles. The minimum atomic E-state index is 0.213. The van der Waals surface area contributed by atoms with Crippen molar-refractivity contribution in [1.29, 1.82) is 0 Å². The van der Waals surface area contributed by atoms with Gasteiger partial charge in [0.1, 0.15) is 0 Å². The molecule has 0 aromatic heterocycles. The van der Waals surface area contributed by atoms with Gasteiger partial charge in [0.05, 0.1) is 0 Å². The molecule has 2 nitrogen and oxygen atoms in total. The first-order chi connectivity index (χ1) is 8.24. The maximum absolute atomic E-state index is 12.2. The van der Waals surface area contributed by atoms with Crippen LogP contribution in [0.15, 0.2) is 24.3 Å². The highest BCUT2D eigenvalue weighted by molar-refractivity contribution is 5.98. The maximum Gasteiger partial charge on any atom is 0.254 e. The summed E-state index contributed by atoms with van der Waals surface area (Å²) in [4.78, 5) is 14.2. The predicted molar refractivity (Wildman–Crippen MR) is 69.9 cm³/mol. The molecule has 17 heavy (non-hydrogen) atoms. The van der Waals surface area contributed by atoms with Crippen LogP contribution in [0.4, 0.5) is 0 Å². The van der Waals surface area contributed by atoms with Crippen LogP contribution in [0.1, 0.15) is 55.5 Å². The van der Waals surface area contributed by atoms with Crippen molar-refractivity contribution in [3.8, 4) is 0 Å². The third kappa shape index (κ3) is 2.51. The molecule has 1 heterocycles. The van der Waals surface area contributed by atoms with Crippen LogP contribution >= 0.6 is 0 Å². The second-order valence-corrected chi connectivity index (χ2v) is 4.94. The van der Waals surface area contributed by atoms with Crippen molar-refractivity contribution in [2.75, 3.05) is 0 Å². The normalized spacial score (nSPS) is 16.1. The van der Waals surface area contributed by atoms with E-state index in [4.69, 9.17) is 0 Å². The fourth-order valence-electron chi connectivity index (χ4n) is 2.48. The molecule has 1 aromatic carbocycles. The monoisotopic (exact) mass is 231 g/mol. The molecular formula is C15H21NO. The molecule has 2 rings (SSSR count). The molecule has 0 saturated heterocycles. The topological polar surface area (TPSA) is 20.3 Å². The Morgan fingerprint density at radius 2 is 2.06 bits per heavy atom. The maximum atomic E-state index is 12.2. The summed E-state index contributed by atoms with van der Waals surface area (Å²) in [6.07, 6.45) is 4.84. The number of benzene rings is 1. The Labute approximate surface area is 104 Å². The number of fused-ring (bicyclic) bond motifs is 1. The van der Waals surface area contributed by atoms with E-state index in [0.717, 1.165) is 18.5 Å². The number of carbonyl (C=O) groups excluding carboxylic acids is 1. The van der Waals surface area contributed by atoms with Crippen LogP contribution in [0.25, 0.3) is 0 Å². The lowest BCUT2D eigenvalue weighted by Crippen LogP contribution is -2.33. The molecule has 0 fully saturated rings. The van der Waals surface area contributed by atoms with Crippen molar-refractivity contribution >= 4 is 5.91 Å². The summed E-state index contributed by atoms with van der Waals surface area (Å²) in [5.74, 6) is 0.213. The average molecular weight is 231 g/mol. The summed E-state index contributed by atoms with van der Waals surface area (Å²) in [6.45, 7) is 5.17. The zero-order valence-electron chi connectivity index (χ0n) is 10.8. The molecule has 0 N–H and O–H groups in total. The van der Waals surface area contributed by atoms with Crippen LogP contribution in [0.5, 0.6) is 0 Å². The summed E-state index contributed by atoms with van der Waals surface area (Å²) >= 11 is 0. The first-order valence-electron chi connectivity index (χ1n) is 6.63. The standard InChI is InChI=1S/C15H21NO/c1-3-4-5-8-12(2)16-11-13-9-6-7-10-14(13)15(16)17/h6-7,9-10,12H,3-5,8,11H2,1-2H3. The number of hydrogen-bond acceptors (Lipinski definition) is 1. The van der Waals surface area contributed by atoms with Gasteiger partial charge in [-0.15, -0.1) is 0 Å². The summed E-state index contributed by atoms with van der Waals surface area (Å²) in [6, 6.07) is 8.32. The third-order valence-electron chi connectivity index (χ3n) is 3.61. The number of unbranched alkanes of at least 4 members (excludes halogenated alkanes) is 2. The lowest BCUT2D eigenvalue weighted by molar-refractivity contribution is 0.0707. The van der Waals surface area contributed by atoms with Gasteiger partial charge in [-0.2, -0.15) is 0 Å². The van der Waals surface area contributed by atoms with Crippen molar-refractivity contribution < 1.29 is 4.79 Å².